The fourth-order valence-electron chi connectivity index (χ4n) is 3.66. The van der Waals surface area contributed by atoms with Crippen molar-refractivity contribution in [3.05, 3.63) is 27.8 Å². The molecule has 0 heterocycles. The number of nitrogens with zero attached hydrogens (tertiary/aromatic N) is 1. The predicted molar refractivity (Wildman–Crippen MR) is 106 cm³/mol. The second-order valence-electron chi connectivity index (χ2n) is 7.86. The number of hydrogen-bond donors (Lipinski definition) is 2. The lowest BCUT2D eigenvalue weighted by Gasteiger charge is -2.21. The number of anilines is 1. The summed E-state index contributed by atoms with van der Waals surface area (Å²) in [6.45, 7) is 1.51. The van der Waals surface area contributed by atoms with Gasteiger partial charge in [0.2, 0.25) is 15.9 Å². The highest BCUT2D eigenvalue weighted by molar-refractivity contribution is 7.89. The minimum absolute atomic E-state index is 0.112. The molecule has 0 unspecified atom stereocenters. The van der Waals surface area contributed by atoms with Crippen LogP contribution in [0.25, 0.3) is 0 Å². The van der Waals surface area contributed by atoms with Gasteiger partial charge in [-0.3, -0.25) is 14.9 Å². The van der Waals surface area contributed by atoms with Gasteiger partial charge in [0.1, 0.15) is 0 Å². The molecule has 2 saturated carbocycles. The second-order valence-corrected chi connectivity index (χ2v) is 9.57. The molecule has 0 spiro atoms. The molecular weight excluding hydrogens is 382 g/mol. The molecule has 8 nitrogen and oxygen atoms in total. The average molecular weight is 410 g/mol. The maximum Gasteiger partial charge on any atom is 0.275 e. The van der Waals surface area contributed by atoms with Crippen molar-refractivity contribution in [1.82, 2.24) is 4.72 Å². The Morgan fingerprint density at radius 1 is 1.18 bits per heavy atom. The first-order valence-corrected chi connectivity index (χ1v) is 11.4. The van der Waals surface area contributed by atoms with E-state index in [2.05, 4.69) is 10.0 Å². The van der Waals surface area contributed by atoms with E-state index in [9.17, 15) is 23.3 Å². The third-order valence-electron chi connectivity index (χ3n) is 5.54. The van der Waals surface area contributed by atoms with Crippen molar-refractivity contribution in [2.75, 3.05) is 5.32 Å². The zero-order chi connectivity index (χ0) is 20.3. The van der Waals surface area contributed by atoms with Crippen molar-refractivity contribution in [2.24, 2.45) is 5.92 Å². The Bertz CT molecular complexity index is 859. The molecule has 0 aromatic heterocycles. The average Bonchev–Trinajstić information content (AvgIpc) is 3.45. The third kappa shape index (κ3) is 5.29. The number of nitro benzene ring substituents is 1. The third-order valence-corrected chi connectivity index (χ3v) is 7.04. The summed E-state index contributed by atoms with van der Waals surface area (Å²) in [5, 5.41) is 14.1. The van der Waals surface area contributed by atoms with Crippen LogP contribution in [0.1, 0.15) is 63.4 Å². The Balaban J connectivity index is 1.76. The first-order chi connectivity index (χ1) is 13.3. The van der Waals surface area contributed by atoms with Gasteiger partial charge in [-0.2, -0.15) is 0 Å². The number of hydrogen-bond acceptors (Lipinski definition) is 5. The topological polar surface area (TPSA) is 118 Å². The summed E-state index contributed by atoms with van der Waals surface area (Å²) in [5.41, 5.74) is 0.113. The number of carbonyl (C=O) groups is 1. The van der Waals surface area contributed by atoms with Crippen molar-refractivity contribution in [3.8, 4) is 0 Å². The second kappa shape index (κ2) is 8.57. The van der Waals surface area contributed by atoms with Crippen LogP contribution in [0, 0.1) is 23.0 Å². The number of carbonyl (C=O) groups excluding carboxylic acids is 1. The van der Waals surface area contributed by atoms with E-state index in [1.165, 1.54) is 32.3 Å². The van der Waals surface area contributed by atoms with Gasteiger partial charge >= 0.3 is 0 Å². The standard InChI is InChI=1S/C19H27N3O5S/c1-13-17(20-19(23)10-7-14-5-3-2-4-6-14)11-16(12-18(13)22(24)25)28(26,27)21-15-8-9-15/h11-12,14-15,21H,2-10H2,1H3,(H,20,23). The molecule has 2 aliphatic carbocycles. The smallest absolute Gasteiger partial charge is 0.275 e. The zero-order valence-corrected chi connectivity index (χ0v) is 16.9. The maximum absolute atomic E-state index is 12.5. The molecule has 3 rings (SSSR count). The Kier molecular flexibility index (Phi) is 6.34. The quantitative estimate of drug-likeness (QED) is 0.502. The van der Waals surface area contributed by atoms with Crippen LogP contribution in [0.15, 0.2) is 17.0 Å². The van der Waals surface area contributed by atoms with Crippen molar-refractivity contribution in [3.63, 3.8) is 0 Å². The highest BCUT2D eigenvalue weighted by Crippen LogP contribution is 2.32. The SMILES string of the molecule is Cc1c(NC(=O)CCC2CCCCC2)cc(S(=O)(=O)NC2CC2)cc1[N+](=O)[O-]. The monoisotopic (exact) mass is 409 g/mol. The number of rotatable bonds is 8. The molecule has 0 aliphatic heterocycles. The fourth-order valence-corrected chi connectivity index (χ4v) is 5.01. The Morgan fingerprint density at radius 3 is 2.46 bits per heavy atom. The Morgan fingerprint density at radius 2 is 1.86 bits per heavy atom. The van der Waals surface area contributed by atoms with Crippen LogP contribution in [0.5, 0.6) is 0 Å². The maximum atomic E-state index is 12.5. The Hall–Kier alpha value is -2.00. The highest BCUT2D eigenvalue weighted by atomic mass is 32.2. The van der Waals surface area contributed by atoms with Crippen molar-refractivity contribution >= 4 is 27.3 Å². The van der Waals surface area contributed by atoms with E-state index in [4.69, 9.17) is 0 Å². The number of nitro groups is 1. The molecule has 1 aromatic rings. The van der Waals surface area contributed by atoms with E-state index in [1.54, 1.807) is 0 Å². The lowest BCUT2D eigenvalue weighted by Crippen LogP contribution is -2.26. The predicted octanol–water partition coefficient (Wildman–Crippen LogP) is 3.64. The van der Waals surface area contributed by atoms with Gasteiger partial charge in [0, 0.05) is 18.5 Å². The van der Waals surface area contributed by atoms with E-state index in [-0.39, 0.29) is 33.8 Å². The molecule has 0 atom stereocenters. The molecule has 154 valence electrons. The molecule has 28 heavy (non-hydrogen) atoms. The number of benzene rings is 1. The van der Waals surface area contributed by atoms with Crippen LogP contribution in [-0.2, 0) is 14.8 Å². The Labute approximate surface area is 165 Å². The fraction of sp³-hybridized carbons (Fsp3) is 0.632. The van der Waals surface area contributed by atoms with Crippen LogP contribution >= 0.6 is 0 Å². The van der Waals surface area contributed by atoms with Gasteiger partial charge in [-0.15, -0.1) is 0 Å². The van der Waals surface area contributed by atoms with Crippen molar-refractivity contribution < 1.29 is 18.1 Å². The summed E-state index contributed by atoms with van der Waals surface area (Å²) in [4.78, 5) is 23.0. The summed E-state index contributed by atoms with van der Waals surface area (Å²) in [5.74, 6) is 0.303. The van der Waals surface area contributed by atoms with Crippen LogP contribution in [-0.4, -0.2) is 25.3 Å². The molecule has 1 aromatic carbocycles. The van der Waals surface area contributed by atoms with Gasteiger partial charge < -0.3 is 5.32 Å². The van der Waals surface area contributed by atoms with E-state index < -0.39 is 14.9 Å². The van der Waals surface area contributed by atoms with Gasteiger partial charge in [0.25, 0.3) is 5.69 Å². The first kappa shape index (κ1) is 20.7. The molecule has 0 bridgehead atoms. The van der Waals surface area contributed by atoms with Gasteiger partial charge in [-0.25, -0.2) is 13.1 Å². The van der Waals surface area contributed by atoms with Crippen LogP contribution in [0.3, 0.4) is 0 Å². The molecule has 2 aliphatic rings. The first-order valence-electron chi connectivity index (χ1n) is 9.87. The molecular formula is C19H27N3O5S. The molecule has 2 N–H and O–H groups in total. The summed E-state index contributed by atoms with van der Waals surface area (Å²) < 4.78 is 27.5. The summed E-state index contributed by atoms with van der Waals surface area (Å²) in [7, 11) is -3.86. The molecule has 2 fully saturated rings. The minimum atomic E-state index is -3.86. The number of nitrogens with one attached hydrogen (secondary N) is 2. The molecule has 1 amide bonds. The minimum Gasteiger partial charge on any atom is -0.326 e. The summed E-state index contributed by atoms with van der Waals surface area (Å²) in [6.07, 6.45) is 8.56. The van der Waals surface area contributed by atoms with Crippen LogP contribution in [0.4, 0.5) is 11.4 Å². The van der Waals surface area contributed by atoms with Gasteiger partial charge in [0.15, 0.2) is 0 Å². The largest absolute Gasteiger partial charge is 0.326 e. The molecule has 0 saturated heterocycles. The normalized spacial score (nSPS) is 18.0. The zero-order valence-electron chi connectivity index (χ0n) is 16.1. The number of amides is 1. The number of sulfonamides is 1. The van der Waals surface area contributed by atoms with E-state index in [1.807, 2.05) is 0 Å². The molecule has 0 radical (unpaired) electrons. The lowest BCUT2D eigenvalue weighted by molar-refractivity contribution is -0.385. The lowest BCUT2D eigenvalue weighted by atomic mass is 9.86. The summed E-state index contributed by atoms with van der Waals surface area (Å²) in [6, 6.07) is 2.25. The molecule has 9 heteroatoms. The van der Waals surface area contributed by atoms with E-state index in [0.717, 1.165) is 38.2 Å². The van der Waals surface area contributed by atoms with Crippen LogP contribution in [0.2, 0.25) is 0 Å². The van der Waals surface area contributed by atoms with Gasteiger partial charge in [0.05, 0.1) is 21.1 Å². The highest BCUT2D eigenvalue weighted by Gasteiger charge is 2.30. The van der Waals surface area contributed by atoms with E-state index >= 15 is 0 Å². The van der Waals surface area contributed by atoms with E-state index in [0.29, 0.717) is 12.3 Å². The van der Waals surface area contributed by atoms with Gasteiger partial charge in [-0.05, 0) is 38.2 Å². The van der Waals surface area contributed by atoms with Crippen LogP contribution < -0.4 is 10.0 Å². The summed E-state index contributed by atoms with van der Waals surface area (Å²) >= 11 is 0. The van der Waals surface area contributed by atoms with Crippen molar-refractivity contribution in [2.45, 2.75) is 75.6 Å². The van der Waals surface area contributed by atoms with Crippen molar-refractivity contribution in [1.29, 1.82) is 0 Å². The van der Waals surface area contributed by atoms with Gasteiger partial charge in [-0.1, -0.05) is 32.1 Å².